The van der Waals surface area contributed by atoms with E-state index in [-0.39, 0.29) is 23.5 Å². The van der Waals surface area contributed by atoms with Gasteiger partial charge < -0.3 is 15.1 Å². The van der Waals surface area contributed by atoms with Crippen LogP contribution < -0.4 is 0 Å². The molecule has 2 N–H and O–H groups in total. The molecule has 0 aromatic carbocycles. The molecule has 0 bridgehead atoms. The minimum absolute atomic E-state index is 0.214. The van der Waals surface area contributed by atoms with Crippen LogP contribution in [0.5, 0.6) is 0 Å². The van der Waals surface area contributed by atoms with E-state index in [0.29, 0.717) is 17.4 Å². The Morgan fingerprint density at radius 1 is 1.13 bits per heavy atom. The number of rotatable bonds is 4. The molecule has 0 saturated heterocycles. The summed E-state index contributed by atoms with van der Waals surface area (Å²) in [5, 5.41) is 22.0. The molecule has 2 aliphatic rings. The third kappa shape index (κ3) is 3.48. The van der Waals surface area contributed by atoms with Crippen LogP contribution in [0.2, 0.25) is 0 Å². The van der Waals surface area contributed by atoms with Crippen LogP contribution in [-0.2, 0) is 0 Å². The smallest absolute Gasteiger partial charge is 0.0665 e. The van der Waals surface area contributed by atoms with Gasteiger partial charge in [0.05, 0.1) is 12.2 Å². The summed E-state index contributed by atoms with van der Waals surface area (Å²) in [4.78, 5) is 2.35. The van der Waals surface area contributed by atoms with Gasteiger partial charge in [0.25, 0.3) is 0 Å². The van der Waals surface area contributed by atoms with Crippen molar-refractivity contribution in [3.05, 3.63) is 0 Å². The molecule has 4 unspecified atom stereocenters. The largest absolute Gasteiger partial charge is 0.392 e. The Morgan fingerprint density at radius 2 is 1.70 bits per heavy atom. The molecule has 1 spiro atoms. The third-order valence-corrected chi connectivity index (χ3v) is 7.27. The van der Waals surface area contributed by atoms with Crippen LogP contribution in [0.15, 0.2) is 0 Å². The Labute approximate surface area is 143 Å². The Bertz CT molecular complexity index is 382. The molecule has 0 aromatic rings. The summed E-state index contributed by atoms with van der Waals surface area (Å²) in [5.41, 5.74) is 0.0956. The fraction of sp³-hybridized carbons (Fsp3) is 1.00. The van der Waals surface area contributed by atoms with Gasteiger partial charge in [-0.3, -0.25) is 0 Å². The molecule has 2 rings (SSSR count). The van der Waals surface area contributed by atoms with Crippen molar-refractivity contribution >= 4 is 0 Å². The van der Waals surface area contributed by atoms with Crippen LogP contribution >= 0.6 is 0 Å². The van der Waals surface area contributed by atoms with Gasteiger partial charge in [-0.25, -0.2) is 0 Å². The van der Waals surface area contributed by atoms with Crippen molar-refractivity contribution in [1.29, 1.82) is 0 Å². The molecule has 23 heavy (non-hydrogen) atoms. The number of aliphatic hydroxyl groups is 2. The Balaban J connectivity index is 2.13. The Hall–Kier alpha value is -0.120. The maximum Gasteiger partial charge on any atom is 0.0665 e. The highest BCUT2D eigenvalue weighted by molar-refractivity contribution is 5.07. The van der Waals surface area contributed by atoms with Crippen LogP contribution in [-0.4, -0.2) is 47.0 Å². The maximum atomic E-state index is 11.2. The van der Waals surface area contributed by atoms with E-state index in [0.717, 1.165) is 45.1 Å². The van der Waals surface area contributed by atoms with E-state index in [1.807, 2.05) is 0 Å². The van der Waals surface area contributed by atoms with E-state index in [2.05, 4.69) is 46.6 Å². The second-order valence-electron chi connectivity index (χ2n) is 9.28. The van der Waals surface area contributed by atoms with Crippen molar-refractivity contribution in [1.82, 2.24) is 4.90 Å². The van der Waals surface area contributed by atoms with E-state index in [9.17, 15) is 10.2 Å². The predicted octanol–water partition coefficient (Wildman–Crippen LogP) is 3.68. The molecule has 2 saturated carbocycles. The van der Waals surface area contributed by atoms with E-state index >= 15 is 0 Å². The van der Waals surface area contributed by atoms with E-state index in [4.69, 9.17) is 0 Å². The molecular formula is C20H39NO2. The first-order valence-corrected chi connectivity index (χ1v) is 9.73. The fourth-order valence-electron chi connectivity index (χ4n) is 5.44. The van der Waals surface area contributed by atoms with Crippen molar-refractivity contribution in [3.8, 4) is 0 Å². The highest BCUT2D eigenvalue weighted by Crippen LogP contribution is 2.55. The van der Waals surface area contributed by atoms with Gasteiger partial charge in [-0.15, -0.1) is 0 Å². The first kappa shape index (κ1) is 19.2. The van der Waals surface area contributed by atoms with Crippen LogP contribution in [0.3, 0.4) is 0 Å². The van der Waals surface area contributed by atoms with Gasteiger partial charge in [-0.05, 0) is 63.5 Å². The zero-order chi connectivity index (χ0) is 17.4. The normalized spacial score (nSPS) is 40.0. The molecule has 136 valence electrons. The van der Waals surface area contributed by atoms with Crippen molar-refractivity contribution in [2.75, 3.05) is 13.6 Å². The first-order chi connectivity index (χ1) is 10.7. The molecule has 0 radical (unpaired) electrons. The molecule has 2 fully saturated rings. The summed E-state index contributed by atoms with van der Waals surface area (Å²) in [6, 6.07) is 0.379. The van der Waals surface area contributed by atoms with Gasteiger partial charge in [-0.2, -0.15) is 0 Å². The topological polar surface area (TPSA) is 43.7 Å². The van der Waals surface area contributed by atoms with Crippen molar-refractivity contribution in [3.63, 3.8) is 0 Å². The Morgan fingerprint density at radius 3 is 2.13 bits per heavy atom. The van der Waals surface area contributed by atoms with Crippen LogP contribution in [0.1, 0.15) is 73.1 Å². The van der Waals surface area contributed by atoms with Gasteiger partial charge >= 0.3 is 0 Å². The summed E-state index contributed by atoms with van der Waals surface area (Å²) >= 11 is 0. The minimum atomic E-state index is -0.350. The van der Waals surface area contributed by atoms with Gasteiger partial charge in [0.15, 0.2) is 0 Å². The SMILES string of the molecule is CCC(C1CC(O)C2(CCC(C(C)(C)C)CC2)C1O)N(C)CC. The lowest BCUT2D eigenvalue weighted by Crippen LogP contribution is -2.47. The van der Waals surface area contributed by atoms with E-state index in [1.165, 1.54) is 0 Å². The molecule has 0 aliphatic heterocycles. The van der Waals surface area contributed by atoms with Crippen molar-refractivity contribution in [2.45, 2.75) is 91.4 Å². The summed E-state index contributed by atoms with van der Waals surface area (Å²) in [6.07, 6.45) is 5.39. The molecule has 3 nitrogen and oxygen atoms in total. The monoisotopic (exact) mass is 325 g/mol. The van der Waals surface area contributed by atoms with Gasteiger partial charge in [-0.1, -0.05) is 34.6 Å². The lowest BCUT2D eigenvalue weighted by molar-refractivity contribution is -0.0790. The summed E-state index contributed by atoms with van der Waals surface area (Å²) in [5.74, 6) is 0.929. The standard InChI is InChI=1S/C20H39NO2/c1-7-16(21(6)8-2)15-13-17(22)20(18(15)23)11-9-14(10-12-20)19(3,4)5/h14-18,22-23H,7-13H2,1-6H3. The molecule has 0 aromatic heterocycles. The van der Waals surface area contributed by atoms with Gasteiger partial charge in [0, 0.05) is 17.4 Å². The molecule has 0 heterocycles. The highest BCUT2D eigenvalue weighted by atomic mass is 16.3. The van der Waals surface area contributed by atoms with Gasteiger partial charge in [0.1, 0.15) is 0 Å². The Kier molecular flexibility index (Phi) is 5.86. The fourth-order valence-corrected chi connectivity index (χ4v) is 5.44. The highest BCUT2D eigenvalue weighted by Gasteiger charge is 2.57. The van der Waals surface area contributed by atoms with Gasteiger partial charge in [0.2, 0.25) is 0 Å². The first-order valence-electron chi connectivity index (χ1n) is 9.73. The molecule has 2 aliphatic carbocycles. The number of nitrogens with zero attached hydrogens (tertiary/aromatic N) is 1. The lowest BCUT2D eigenvalue weighted by Gasteiger charge is -2.46. The van der Waals surface area contributed by atoms with Crippen molar-refractivity contribution < 1.29 is 10.2 Å². The number of aliphatic hydroxyl groups excluding tert-OH is 2. The lowest BCUT2D eigenvalue weighted by atomic mass is 9.61. The average Bonchev–Trinajstić information content (AvgIpc) is 2.73. The zero-order valence-electron chi connectivity index (χ0n) is 16.2. The second-order valence-corrected chi connectivity index (χ2v) is 9.28. The zero-order valence-corrected chi connectivity index (χ0v) is 16.2. The van der Waals surface area contributed by atoms with E-state index < -0.39 is 0 Å². The van der Waals surface area contributed by atoms with Crippen LogP contribution in [0.25, 0.3) is 0 Å². The number of hydrogen-bond acceptors (Lipinski definition) is 3. The van der Waals surface area contributed by atoms with Crippen LogP contribution in [0.4, 0.5) is 0 Å². The summed E-state index contributed by atoms with van der Waals surface area (Å²) < 4.78 is 0. The van der Waals surface area contributed by atoms with Crippen LogP contribution in [0, 0.1) is 22.7 Å². The summed E-state index contributed by atoms with van der Waals surface area (Å²) in [6.45, 7) is 12.3. The van der Waals surface area contributed by atoms with Crippen molar-refractivity contribution in [2.24, 2.45) is 22.7 Å². The maximum absolute atomic E-state index is 11.2. The second kappa shape index (κ2) is 7.01. The molecule has 3 heteroatoms. The third-order valence-electron chi connectivity index (χ3n) is 7.27. The minimum Gasteiger partial charge on any atom is -0.392 e. The molecule has 0 amide bonds. The average molecular weight is 326 g/mol. The van der Waals surface area contributed by atoms with E-state index in [1.54, 1.807) is 0 Å². The number of hydrogen-bond donors (Lipinski definition) is 2. The molecular weight excluding hydrogens is 286 g/mol. The quantitative estimate of drug-likeness (QED) is 0.828. The molecule has 4 atom stereocenters. The predicted molar refractivity (Wildman–Crippen MR) is 96.3 cm³/mol. The summed E-state index contributed by atoms with van der Waals surface area (Å²) in [7, 11) is 2.15.